The number of amides is 1. The summed E-state index contributed by atoms with van der Waals surface area (Å²) in [5, 5.41) is 10.4. The Hall–Kier alpha value is -1.82. The standard InChI is InChI=1S/C9H9ClN2O4/c1-11(2)9(13)16-6-3-4-8(12(14)15)7(10)5-6/h3-5H,1-2H3. The molecule has 0 N–H and O–H groups in total. The highest BCUT2D eigenvalue weighted by molar-refractivity contribution is 6.32. The number of carbonyl (C=O) groups is 1. The van der Waals surface area contributed by atoms with Crippen LogP contribution in [0.25, 0.3) is 0 Å². The van der Waals surface area contributed by atoms with Crippen molar-refractivity contribution in [2.45, 2.75) is 0 Å². The van der Waals surface area contributed by atoms with Crippen molar-refractivity contribution in [1.82, 2.24) is 4.90 Å². The molecule has 0 aromatic heterocycles. The van der Waals surface area contributed by atoms with Gasteiger partial charge in [0.1, 0.15) is 10.8 Å². The SMILES string of the molecule is CN(C)C(=O)Oc1ccc([N+](=O)[O-])c(Cl)c1. The molecule has 16 heavy (non-hydrogen) atoms. The van der Waals surface area contributed by atoms with E-state index in [9.17, 15) is 14.9 Å². The van der Waals surface area contributed by atoms with E-state index in [2.05, 4.69) is 0 Å². The summed E-state index contributed by atoms with van der Waals surface area (Å²) in [6.45, 7) is 0. The summed E-state index contributed by atoms with van der Waals surface area (Å²) in [6, 6.07) is 3.72. The van der Waals surface area contributed by atoms with Gasteiger partial charge in [0.2, 0.25) is 0 Å². The molecular formula is C9H9ClN2O4. The summed E-state index contributed by atoms with van der Waals surface area (Å²) in [7, 11) is 3.05. The largest absolute Gasteiger partial charge is 0.414 e. The van der Waals surface area contributed by atoms with Crippen LogP contribution in [0.15, 0.2) is 18.2 Å². The van der Waals surface area contributed by atoms with Crippen LogP contribution in [0.3, 0.4) is 0 Å². The van der Waals surface area contributed by atoms with Gasteiger partial charge in [-0.05, 0) is 6.07 Å². The zero-order valence-electron chi connectivity index (χ0n) is 8.64. The molecule has 0 aliphatic carbocycles. The lowest BCUT2D eigenvalue weighted by atomic mass is 10.3. The number of nitrogens with zero attached hydrogens (tertiary/aromatic N) is 2. The molecule has 0 radical (unpaired) electrons. The molecule has 1 aromatic rings. The normalized spacial score (nSPS) is 9.69. The molecule has 7 heteroatoms. The molecule has 0 spiro atoms. The molecule has 1 rings (SSSR count). The molecule has 0 saturated carbocycles. The van der Waals surface area contributed by atoms with Gasteiger partial charge in [0.25, 0.3) is 5.69 Å². The Morgan fingerprint density at radius 3 is 2.56 bits per heavy atom. The van der Waals surface area contributed by atoms with Crippen LogP contribution in [0.1, 0.15) is 0 Å². The highest BCUT2D eigenvalue weighted by atomic mass is 35.5. The van der Waals surface area contributed by atoms with Gasteiger partial charge in [-0.3, -0.25) is 10.1 Å². The molecule has 6 nitrogen and oxygen atoms in total. The van der Waals surface area contributed by atoms with Gasteiger partial charge >= 0.3 is 6.09 Å². The molecular weight excluding hydrogens is 236 g/mol. The van der Waals surface area contributed by atoms with E-state index in [1.54, 1.807) is 0 Å². The van der Waals surface area contributed by atoms with Crippen molar-refractivity contribution in [1.29, 1.82) is 0 Å². The van der Waals surface area contributed by atoms with Gasteiger partial charge in [-0.2, -0.15) is 0 Å². The average molecular weight is 245 g/mol. The fraction of sp³-hybridized carbons (Fsp3) is 0.222. The first-order valence-corrected chi connectivity index (χ1v) is 4.62. The zero-order valence-corrected chi connectivity index (χ0v) is 9.39. The number of benzene rings is 1. The van der Waals surface area contributed by atoms with Crippen LogP contribution in [0.5, 0.6) is 5.75 Å². The quantitative estimate of drug-likeness (QED) is 0.591. The Balaban J connectivity index is 2.90. The van der Waals surface area contributed by atoms with Gasteiger partial charge in [0, 0.05) is 26.2 Å². The summed E-state index contributed by atoms with van der Waals surface area (Å²) >= 11 is 5.64. The first kappa shape index (κ1) is 12.3. The van der Waals surface area contributed by atoms with Crippen molar-refractivity contribution in [3.8, 4) is 5.75 Å². The fourth-order valence-corrected chi connectivity index (χ4v) is 1.13. The van der Waals surface area contributed by atoms with Gasteiger partial charge in [0.05, 0.1) is 4.92 Å². The molecule has 0 aliphatic heterocycles. The molecule has 0 saturated heterocycles. The number of ether oxygens (including phenoxy) is 1. The molecule has 86 valence electrons. The minimum Gasteiger partial charge on any atom is -0.410 e. The molecule has 1 aromatic carbocycles. The number of carbonyl (C=O) groups excluding carboxylic acids is 1. The monoisotopic (exact) mass is 244 g/mol. The smallest absolute Gasteiger partial charge is 0.410 e. The second-order valence-electron chi connectivity index (χ2n) is 3.13. The second kappa shape index (κ2) is 4.80. The highest BCUT2D eigenvalue weighted by Gasteiger charge is 2.14. The average Bonchev–Trinajstić information content (AvgIpc) is 2.16. The summed E-state index contributed by atoms with van der Waals surface area (Å²) in [6.07, 6.45) is -0.579. The van der Waals surface area contributed by atoms with Crippen LogP contribution in [-0.2, 0) is 0 Å². The minimum absolute atomic E-state index is 0.0749. The lowest BCUT2D eigenvalue weighted by molar-refractivity contribution is -0.384. The van der Waals surface area contributed by atoms with Gasteiger partial charge in [-0.25, -0.2) is 4.79 Å². The first-order valence-electron chi connectivity index (χ1n) is 4.25. The Bertz CT molecular complexity index is 434. The molecule has 1 amide bonds. The number of hydrogen-bond acceptors (Lipinski definition) is 4. The maximum atomic E-state index is 11.2. The van der Waals surface area contributed by atoms with Crippen LogP contribution in [0.2, 0.25) is 5.02 Å². The first-order chi connectivity index (χ1) is 7.41. The number of nitro benzene ring substituents is 1. The zero-order chi connectivity index (χ0) is 12.3. The van der Waals surface area contributed by atoms with E-state index < -0.39 is 11.0 Å². The summed E-state index contributed by atoms with van der Waals surface area (Å²) in [5.41, 5.74) is -0.230. The van der Waals surface area contributed by atoms with Crippen molar-refractivity contribution >= 4 is 23.4 Å². The van der Waals surface area contributed by atoms with Crippen LogP contribution < -0.4 is 4.74 Å². The van der Waals surface area contributed by atoms with Gasteiger partial charge in [0.15, 0.2) is 0 Å². The van der Waals surface area contributed by atoms with Crippen LogP contribution >= 0.6 is 11.6 Å². The van der Waals surface area contributed by atoms with Crippen molar-refractivity contribution < 1.29 is 14.5 Å². The van der Waals surface area contributed by atoms with Gasteiger partial charge in [-0.15, -0.1) is 0 Å². The topological polar surface area (TPSA) is 72.7 Å². The summed E-state index contributed by atoms with van der Waals surface area (Å²) in [5.74, 6) is 0.161. The van der Waals surface area contributed by atoms with E-state index in [1.807, 2.05) is 0 Å². The molecule has 0 unspecified atom stereocenters. The number of nitro groups is 1. The lowest BCUT2D eigenvalue weighted by Gasteiger charge is -2.10. The highest BCUT2D eigenvalue weighted by Crippen LogP contribution is 2.28. The van der Waals surface area contributed by atoms with Gasteiger partial charge < -0.3 is 9.64 Å². The fourth-order valence-electron chi connectivity index (χ4n) is 0.891. The Labute approximate surface area is 96.5 Å². The molecule has 0 atom stereocenters. The van der Waals surface area contributed by atoms with Crippen molar-refractivity contribution in [3.63, 3.8) is 0 Å². The predicted molar refractivity (Wildman–Crippen MR) is 57.8 cm³/mol. The van der Waals surface area contributed by atoms with Crippen molar-refractivity contribution in [2.75, 3.05) is 14.1 Å². The van der Waals surface area contributed by atoms with Crippen LogP contribution in [0, 0.1) is 10.1 Å². The van der Waals surface area contributed by atoms with E-state index >= 15 is 0 Å². The third kappa shape index (κ3) is 2.83. The minimum atomic E-state index is -0.611. The third-order valence-corrected chi connectivity index (χ3v) is 1.99. The van der Waals surface area contributed by atoms with Gasteiger partial charge in [-0.1, -0.05) is 11.6 Å². The molecule has 0 fully saturated rings. The molecule has 0 bridgehead atoms. The van der Waals surface area contributed by atoms with E-state index in [4.69, 9.17) is 16.3 Å². The Morgan fingerprint density at radius 2 is 2.12 bits per heavy atom. The Morgan fingerprint density at radius 1 is 1.50 bits per heavy atom. The second-order valence-corrected chi connectivity index (χ2v) is 3.54. The van der Waals surface area contributed by atoms with E-state index in [0.717, 1.165) is 0 Å². The van der Waals surface area contributed by atoms with E-state index in [-0.39, 0.29) is 16.5 Å². The number of rotatable bonds is 2. The van der Waals surface area contributed by atoms with Crippen molar-refractivity contribution in [2.24, 2.45) is 0 Å². The van der Waals surface area contributed by atoms with Crippen molar-refractivity contribution in [3.05, 3.63) is 33.3 Å². The molecule has 0 heterocycles. The molecule has 0 aliphatic rings. The maximum absolute atomic E-state index is 11.2. The number of hydrogen-bond donors (Lipinski definition) is 0. The number of halogens is 1. The Kier molecular flexibility index (Phi) is 3.68. The van der Waals surface area contributed by atoms with E-state index in [0.29, 0.717) is 0 Å². The predicted octanol–water partition coefficient (Wildman–Crippen LogP) is 2.31. The third-order valence-electron chi connectivity index (χ3n) is 1.69. The maximum Gasteiger partial charge on any atom is 0.414 e. The summed E-state index contributed by atoms with van der Waals surface area (Å²) in [4.78, 5) is 22.3. The van der Waals surface area contributed by atoms with Crippen LogP contribution in [-0.4, -0.2) is 30.0 Å². The summed E-state index contributed by atoms with van der Waals surface area (Å²) < 4.78 is 4.87. The van der Waals surface area contributed by atoms with Crippen LogP contribution in [0.4, 0.5) is 10.5 Å². The van der Waals surface area contributed by atoms with E-state index in [1.165, 1.54) is 37.2 Å². The lowest BCUT2D eigenvalue weighted by Crippen LogP contribution is -2.25.